The van der Waals surface area contributed by atoms with Crippen LogP contribution in [0.2, 0.25) is 0 Å². The highest BCUT2D eigenvalue weighted by atomic mass is 16.1. The molecule has 0 radical (unpaired) electrons. The SMILES string of the molecule is O=c1ccc(-c2ccccn2)nn1CCN1CCCC1. The maximum atomic E-state index is 11.9. The monoisotopic (exact) mass is 270 g/mol. The number of aromatic nitrogens is 3. The van der Waals surface area contributed by atoms with Crippen LogP contribution in [-0.2, 0) is 6.54 Å². The Morgan fingerprint density at radius 1 is 1.00 bits per heavy atom. The first-order chi connectivity index (χ1) is 9.83. The molecule has 20 heavy (non-hydrogen) atoms. The molecule has 2 aromatic rings. The van der Waals surface area contributed by atoms with Crippen molar-refractivity contribution >= 4 is 0 Å². The molecule has 1 saturated heterocycles. The summed E-state index contributed by atoms with van der Waals surface area (Å²) in [7, 11) is 0. The molecular formula is C15H18N4O. The van der Waals surface area contributed by atoms with Crippen molar-refractivity contribution in [3.8, 4) is 11.4 Å². The lowest BCUT2D eigenvalue weighted by atomic mass is 10.2. The van der Waals surface area contributed by atoms with Crippen LogP contribution in [0.5, 0.6) is 0 Å². The van der Waals surface area contributed by atoms with Crippen LogP contribution in [0.15, 0.2) is 41.3 Å². The summed E-state index contributed by atoms with van der Waals surface area (Å²) in [5, 5.41) is 4.42. The van der Waals surface area contributed by atoms with Gasteiger partial charge < -0.3 is 4.90 Å². The third-order valence-corrected chi connectivity index (χ3v) is 3.62. The molecule has 0 saturated carbocycles. The van der Waals surface area contributed by atoms with Crippen LogP contribution in [0.3, 0.4) is 0 Å². The van der Waals surface area contributed by atoms with Gasteiger partial charge in [-0.1, -0.05) is 6.07 Å². The van der Waals surface area contributed by atoms with Crippen molar-refractivity contribution < 1.29 is 0 Å². The number of likely N-dealkylation sites (tertiary alicyclic amines) is 1. The molecule has 1 fully saturated rings. The predicted octanol–water partition coefficient (Wildman–Crippen LogP) is 1.40. The molecule has 0 aliphatic carbocycles. The van der Waals surface area contributed by atoms with E-state index in [2.05, 4.69) is 15.0 Å². The van der Waals surface area contributed by atoms with E-state index in [0.717, 1.165) is 31.0 Å². The van der Waals surface area contributed by atoms with Gasteiger partial charge in [0.1, 0.15) is 5.69 Å². The number of nitrogens with zero attached hydrogens (tertiary/aromatic N) is 4. The van der Waals surface area contributed by atoms with Crippen molar-refractivity contribution in [2.24, 2.45) is 0 Å². The second kappa shape index (κ2) is 5.96. The molecule has 0 aromatic carbocycles. The summed E-state index contributed by atoms with van der Waals surface area (Å²) in [5.41, 5.74) is 1.48. The Hall–Kier alpha value is -2.01. The predicted molar refractivity (Wildman–Crippen MR) is 77.4 cm³/mol. The van der Waals surface area contributed by atoms with Crippen LogP contribution in [0.25, 0.3) is 11.4 Å². The third-order valence-electron chi connectivity index (χ3n) is 3.62. The van der Waals surface area contributed by atoms with Gasteiger partial charge in [-0.05, 0) is 44.1 Å². The standard InChI is InChI=1S/C15H18N4O/c20-15-7-6-14(13-5-1-2-8-16-13)17-19(15)12-11-18-9-3-4-10-18/h1-2,5-8H,3-4,9-12H2. The van der Waals surface area contributed by atoms with Crippen molar-refractivity contribution in [3.05, 3.63) is 46.9 Å². The van der Waals surface area contributed by atoms with Gasteiger partial charge >= 0.3 is 0 Å². The molecular weight excluding hydrogens is 252 g/mol. The van der Waals surface area contributed by atoms with Gasteiger partial charge in [-0.25, -0.2) is 4.68 Å². The van der Waals surface area contributed by atoms with E-state index in [1.165, 1.54) is 12.8 Å². The van der Waals surface area contributed by atoms with Crippen molar-refractivity contribution in [1.29, 1.82) is 0 Å². The lowest BCUT2D eigenvalue weighted by molar-refractivity contribution is 0.312. The quantitative estimate of drug-likeness (QED) is 0.842. The van der Waals surface area contributed by atoms with E-state index in [9.17, 15) is 4.79 Å². The van der Waals surface area contributed by atoms with E-state index in [1.54, 1.807) is 23.0 Å². The molecule has 0 spiro atoms. The zero-order chi connectivity index (χ0) is 13.8. The van der Waals surface area contributed by atoms with E-state index in [4.69, 9.17) is 0 Å². The largest absolute Gasteiger partial charge is 0.301 e. The molecule has 0 atom stereocenters. The minimum atomic E-state index is -0.0520. The first kappa shape index (κ1) is 13.0. The van der Waals surface area contributed by atoms with Crippen LogP contribution in [-0.4, -0.2) is 39.3 Å². The molecule has 0 unspecified atom stereocenters. The Kier molecular flexibility index (Phi) is 3.87. The minimum Gasteiger partial charge on any atom is -0.301 e. The normalized spacial score (nSPS) is 15.6. The van der Waals surface area contributed by atoms with Crippen LogP contribution in [0.1, 0.15) is 12.8 Å². The van der Waals surface area contributed by atoms with Crippen LogP contribution < -0.4 is 5.56 Å². The maximum absolute atomic E-state index is 11.9. The number of hydrogen-bond donors (Lipinski definition) is 0. The molecule has 0 bridgehead atoms. The summed E-state index contributed by atoms with van der Waals surface area (Å²) < 4.78 is 1.54. The Bertz CT molecular complexity index is 617. The van der Waals surface area contributed by atoms with Gasteiger partial charge in [0.25, 0.3) is 5.56 Å². The lowest BCUT2D eigenvalue weighted by Gasteiger charge is -2.14. The van der Waals surface area contributed by atoms with Gasteiger partial charge in [-0.3, -0.25) is 9.78 Å². The molecule has 1 aliphatic rings. The number of hydrogen-bond acceptors (Lipinski definition) is 4. The van der Waals surface area contributed by atoms with Gasteiger partial charge in [0.2, 0.25) is 0 Å². The van der Waals surface area contributed by atoms with Gasteiger partial charge in [0.05, 0.1) is 12.2 Å². The fraction of sp³-hybridized carbons (Fsp3) is 0.400. The van der Waals surface area contributed by atoms with Gasteiger partial charge in [0, 0.05) is 18.8 Å². The molecule has 3 heterocycles. The highest BCUT2D eigenvalue weighted by Crippen LogP contribution is 2.11. The second-order valence-electron chi connectivity index (χ2n) is 5.04. The van der Waals surface area contributed by atoms with E-state index < -0.39 is 0 Å². The van der Waals surface area contributed by atoms with E-state index in [1.807, 2.05) is 18.2 Å². The summed E-state index contributed by atoms with van der Waals surface area (Å²) in [4.78, 5) is 18.5. The Morgan fingerprint density at radius 2 is 1.85 bits per heavy atom. The van der Waals surface area contributed by atoms with Crippen molar-refractivity contribution in [2.45, 2.75) is 19.4 Å². The van der Waals surface area contributed by atoms with Crippen LogP contribution >= 0.6 is 0 Å². The molecule has 104 valence electrons. The highest BCUT2D eigenvalue weighted by molar-refractivity contribution is 5.52. The molecule has 2 aromatic heterocycles. The Balaban J connectivity index is 1.78. The molecule has 0 N–H and O–H groups in total. The zero-order valence-electron chi connectivity index (χ0n) is 11.4. The van der Waals surface area contributed by atoms with E-state index in [-0.39, 0.29) is 5.56 Å². The van der Waals surface area contributed by atoms with Crippen molar-refractivity contribution in [3.63, 3.8) is 0 Å². The molecule has 3 rings (SSSR count). The fourth-order valence-corrected chi connectivity index (χ4v) is 2.50. The minimum absolute atomic E-state index is 0.0520. The van der Waals surface area contributed by atoms with Crippen molar-refractivity contribution in [2.75, 3.05) is 19.6 Å². The molecule has 5 heteroatoms. The number of pyridine rings is 1. The molecule has 5 nitrogen and oxygen atoms in total. The Labute approximate surface area is 117 Å². The summed E-state index contributed by atoms with van der Waals surface area (Å²) in [6.45, 7) is 3.79. The third kappa shape index (κ3) is 2.93. The Morgan fingerprint density at radius 3 is 2.60 bits per heavy atom. The van der Waals surface area contributed by atoms with E-state index in [0.29, 0.717) is 6.54 Å². The van der Waals surface area contributed by atoms with Crippen LogP contribution in [0.4, 0.5) is 0 Å². The zero-order valence-corrected chi connectivity index (χ0v) is 11.4. The average molecular weight is 270 g/mol. The van der Waals surface area contributed by atoms with Crippen LogP contribution in [0, 0.1) is 0 Å². The average Bonchev–Trinajstić information content (AvgIpc) is 3.01. The first-order valence-corrected chi connectivity index (χ1v) is 7.05. The summed E-state index contributed by atoms with van der Waals surface area (Å²) in [5.74, 6) is 0. The van der Waals surface area contributed by atoms with Gasteiger partial charge in [-0.15, -0.1) is 0 Å². The highest BCUT2D eigenvalue weighted by Gasteiger charge is 2.12. The van der Waals surface area contributed by atoms with Gasteiger partial charge in [-0.2, -0.15) is 5.10 Å². The smallest absolute Gasteiger partial charge is 0.266 e. The molecule has 0 amide bonds. The summed E-state index contributed by atoms with van der Waals surface area (Å²) >= 11 is 0. The number of rotatable bonds is 4. The first-order valence-electron chi connectivity index (χ1n) is 7.05. The topological polar surface area (TPSA) is 51.0 Å². The fourth-order valence-electron chi connectivity index (χ4n) is 2.50. The van der Waals surface area contributed by atoms with Gasteiger partial charge in [0.15, 0.2) is 0 Å². The second-order valence-corrected chi connectivity index (χ2v) is 5.04. The summed E-state index contributed by atoms with van der Waals surface area (Å²) in [6.07, 6.45) is 4.25. The summed E-state index contributed by atoms with van der Waals surface area (Å²) in [6, 6.07) is 8.99. The lowest BCUT2D eigenvalue weighted by Crippen LogP contribution is -2.30. The van der Waals surface area contributed by atoms with Crippen molar-refractivity contribution in [1.82, 2.24) is 19.7 Å². The van der Waals surface area contributed by atoms with E-state index >= 15 is 0 Å². The maximum Gasteiger partial charge on any atom is 0.266 e. The molecule has 1 aliphatic heterocycles.